The van der Waals surface area contributed by atoms with Gasteiger partial charge in [0.2, 0.25) is 0 Å². The highest BCUT2D eigenvalue weighted by molar-refractivity contribution is 5.81. The Morgan fingerprint density at radius 1 is 1.39 bits per heavy atom. The summed E-state index contributed by atoms with van der Waals surface area (Å²) in [4.78, 5) is 23.4. The Morgan fingerprint density at radius 3 is 2.67 bits per heavy atom. The Balaban J connectivity index is 2.82. The Labute approximate surface area is 104 Å². The molecular formula is C14H14O4. The average molecular weight is 246 g/mol. The number of aryl methyl sites for hydroxylation is 1. The first-order valence-corrected chi connectivity index (χ1v) is 5.83. The molecule has 18 heavy (non-hydrogen) atoms. The van der Waals surface area contributed by atoms with Crippen molar-refractivity contribution in [3.63, 3.8) is 0 Å². The molecular weight excluding hydrogens is 232 g/mol. The lowest BCUT2D eigenvalue weighted by molar-refractivity contribution is -0.138. The number of para-hydroxylation sites is 1. The fourth-order valence-corrected chi connectivity index (χ4v) is 2.03. The molecule has 1 heterocycles. The number of fused-ring (bicyclic) bond motifs is 1. The highest BCUT2D eigenvalue weighted by Crippen LogP contribution is 2.22. The van der Waals surface area contributed by atoms with E-state index in [2.05, 4.69) is 0 Å². The molecule has 0 amide bonds. The van der Waals surface area contributed by atoms with Gasteiger partial charge < -0.3 is 9.52 Å². The molecule has 0 spiro atoms. The second-order valence-corrected chi connectivity index (χ2v) is 4.18. The summed E-state index contributed by atoms with van der Waals surface area (Å²) in [6.45, 7) is 3.34. The minimum absolute atomic E-state index is 0.247. The molecule has 1 atom stereocenters. The minimum atomic E-state index is -1.02. The molecule has 0 radical (unpaired) electrons. The van der Waals surface area contributed by atoms with Gasteiger partial charge >= 0.3 is 5.97 Å². The quantitative estimate of drug-likeness (QED) is 0.903. The van der Waals surface area contributed by atoms with E-state index in [1.807, 2.05) is 6.92 Å². The number of hydrogen-bond acceptors (Lipinski definition) is 3. The molecule has 0 fully saturated rings. The summed E-state index contributed by atoms with van der Waals surface area (Å²) in [5.41, 5.74) is 0.507. The van der Waals surface area contributed by atoms with Crippen LogP contribution in [0.15, 0.2) is 33.5 Å². The first kappa shape index (κ1) is 12.4. The molecule has 1 aromatic carbocycles. The van der Waals surface area contributed by atoms with Gasteiger partial charge in [0.05, 0.1) is 16.9 Å². The van der Waals surface area contributed by atoms with Crippen molar-refractivity contribution in [3.05, 3.63) is 45.8 Å². The molecule has 0 bridgehead atoms. The molecule has 0 aliphatic rings. The predicted octanol–water partition coefficient (Wildman–Crippen LogP) is 2.54. The van der Waals surface area contributed by atoms with Crippen LogP contribution in [-0.4, -0.2) is 11.1 Å². The van der Waals surface area contributed by atoms with Gasteiger partial charge in [0.1, 0.15) is 11.3 Å². The number of carboxylic acids is 1. The van der Waals surface area contributed by atoms with Gasteiger partial charge in [-0.2, -0.15) is 0 Å². The summed E-state index contributed by atoms with van der Waals surface area (Å²) in [5.74, 6) is -1.43. The maximum atomic E-state index is 12.3. The van der Waals surface area contributed by atoms with Crippen molar-refractivity contribution in [2.24, 2.45) is 0 Å². The lowest BCUT2D eigenvalue weighted by Crippen LogP contribution is -2.20. The number of carbonyl (C=O) groups is 1. The minimum Gasteiger partial charge on any atom is -0.481 e. The van der Waals surface area contributed by atoms with Crippen LogP contribution in [0.25, 0.3) is 11.0 Å². The highest BCUT2D eigenvalue weighted by Gasteiger charge is 2.23. The molecule has 1 aromatic heterocycles. The van der Waals surface area contributed by atoms with E-state index >= 15 is 0 Å². The van der Waals surface area contributed by atoms with Gasteiger partial charge in [-0.3, -0.25) is 9.59 Å². The Morgan fingerprint density at radius 2 is 2.06 bits per heavy atom. The van der Waals surface area contributed by atoms with Gasteiger partial charge in [-0.25, -0.2) is 0 Å². The molecule has 2 aromatic rings. The molecule has 94 valence electrons. The maximum Gasteiger partial charge on any atom is 0.310 e. The van der Waals surface area contributed by atoms with Gasteiger partial charge in [-0.15, -0.1) is 0 Å². The number of aliphatic carboxylic acids is 1. The van der Waals surface area contributed by atoms with Crippen molar-refractivity contribution >= 4 is 16.9 Å². The van der Waals surface area contributed by atoms with Crippen molar-refractivity contribution in [1.29, 1.82) is 0 Å². The van der Waals surface area contributed by atoms with Crippen LogP contribution in [0.2, 0.25) is 0 Å². The van der Waals surface area contributed by atoms with E-state index in [1.54, 1.807) is 24.3 Å². The summed E-state index contributed by atoms with van der Waals surface area (Å²) < 4.78 is 5.63. The topological polar surface area (TPSA) is 67.5 Å². The van der Waals surface area contributed by atoms with Crippen LogP contribution in [0.1, 0.15) is 31.1 Å². The second-order valence-electron chi connectivity index (χ2n) is 4.18. The monoisotopic (exact) mass is 246 g/mol. The van der Waals surface area contributed by atoms with E-state index in [0.29, 0.717) is 23.2 Å². The number of carboxylic acid groups (broad SMARTS) is 1. The molecule has 0 aliphatic heterocycles. The van der Waals surface area contributed by atoms with Gasteiger partial charge in [0, 0.05) is 6.42 Å². The van der Waals surface area contributed by atoms with E-state index in [0.717, 1.165) is 0 Å². The van der Waals surface area contributed by atoms with Gasteiger partial charge in [-0.05, 0) is 19.1 Å². The lowest BCUT2D eigenvalue weighted by Gasteiger charge is -2.11. The molecule has 0 saturated carbocycles. The first-order valence-electron chi connectivity index (χ1n) is 5.83. The molecule has 1 unspecified atom stereocenters. The van der Waals surface area contributed by atoms with E-state index in [9.17, 15) is 9.59 Å². The second kappa shape index (κ2) is 4.64. The third-order valence-electron chi connectivity index (χ3n) is 3.03. The van der Waals surface area contributed by atoms with Gasteiger partial charge in [0.25, 0.3) is 0 Å². The maximum absolute atomic E-state index is 12.3. The predicted molar refractivity (Wildman–Crippen MR) is 67.9 cm³/mol. The number of benzene rings is 1. The van der Waals surface area contributed by atoms with Crippen LogP contribution in [-0.2, 0) is 11.2 Å². The van der Waals surface area contributed by atoms with Crippen LogP contribution >= 0.6 is 0 Å². The first-order chi connectivity index (χ1) is 8.56. The standard InChI is InChI=1S/C14H14O4/c1-3-10-12(8(2)14(16)17)13(15)9-6-4-5-7-11(9)18-10/h4-8H,3H2,1-2H3,(H,16,17). The average Bonchev–Trinajstić information content (AvgIpc) is 2.37. The number of rotatable bonds is 3. The molecule has 4 nitrogen and oxygen atoms in total. The van der Waals surface area contributed by atoms with E-state index in [4.69, 9.17) is 9.52 Å². The van der Waals surface area contributed by atoms with Crippen molar-refractivity contribution in [3.8, 4) is 0 Å². The molecule has 1 N–H and O–H groups in total. The van der Waals surface area contributed by atoms with Crippen LogP contribution in [0.3, 0.4) is 0 Å². The largest absolute Gasteiger partial charge is 0.481 e. The van der Waals surface area contributed by atoms with Crippen molar-refractivity contribution in [1.82, 2.24) is 0 Å². The van der Waals surface area contributed by atoms with Crippen molar-refractivity contribution < 1.29 is 14.3 Å². The SMILES string of the molecule is CCc1oc2ccccc2c(=O)c1C(C)C(=O)O. The fourth-order valence-electron chi connectivity index (χ4n) is 2.03. The van der Waals surface area contributed by atoms with Gasteiger partial charge in [0.15, 0.2) is 5.43 Å². The van der Waals surface area contributed by atoms with E-state index < -0.39 is 11.9 Å². The Kier molecular flexibility index (Phi) is 3.19. The van der Waals surface area contributed by atoms with Gasteiger partial charge in [-0.1, -0.05) is 19.1 Å². The number of hydrogen-bond donors (Lipinski definition) is 1. The third kappa shape index (κ3) is 1.90. The Hall–Kier alpha value is -2.10. The zero-order chi connectivity index (χ0) is 13.3. The van der Waals surface area contributed by atoms with Crippen molar-refractivity contribution in [2.45, 2.75) is 26.2 Å². The highest BCUT2D eigenvalue weighted by atomic mass is 16.4. The molecule has 0 saturated heterocycles. The van der Waals surface area contributed by atoms with E-state index in [-0.39, 0.29) is 11.0 Å². The summed E-state index contributed by atoms with van der Waals surface area (Å²) in [6, 6.07) is 6.88. The third-order valence-corrected chi connectivity index (χ3v) is 3.03. The smallest absolute Gasteiger partial charge is 0.310 e. The summed E-state index contributed by atoms with van der Waals surface area (Å²) in [5, 5.41) is 9.50. The Bertz CT molecular complexity index is 654. The summed E-state index contributed by atoms with van der Waals surface area (Å²) >= 11 is 0. The zero-order valence-corrected chi connectivity index (χ0v) is 10.3. The van der Waals surface area contributed by atoms with Crippen LogP contribution in [0.5, 0.6) is 0 Å². The molecule has 4 heteroatoms. The normalized spacial score (nSPS) is 12.6. The summed E-state index contributed by atoms with van der Waals surface area (Å²) in [7, 11) is 0. The fraction of sp³-hybridized carbons (Fsp3) is 0.286. The zero-order valence-electron chi connectivity index (χ0n) is 10.3. The van der Waals surface area contributed by atoms with Crippen LogP contribution in [0, 0.1) is 0 Å². The van der Waals surface area contributed by atoms with Crippen LogP contribution < -0.4 is 5.43 Å². The molecule has 2 rings (SSSR count). The van der Waals surface area contributed by atoms with Crippen molar-refractivity contribution in [2.75, 3.05) is 0 Å². The lowest BCUT2D eigenvalue weighted by atomic mass is 9.97. The molecule has 0 aliphatic carbocycles. The van der Waals surface area contributed by atoms with Crippen LogP contribution in [0.4, 0.5) is 0 Å². The summed E-state index contributed by atoms with van der Waals surface area (Å²) in [6.07, 6.45) is 0.493. The van der Waals surface area contributed by atoms with E-state index in [1.165, 1.54) is 6.92 Å².